The Morgan fingerprint density at radius 3 is 1.02 bits per heavy atom. The summed E-state index contributed by atoms with van der Waals surface area (Å²) < 4.78 is 0. The predicted molar refractivity (Wildman–Crippen MR) is 548 cm³/mol. The van der Waals surface area contributed by atoms with Gasteiger partial charge in [0.15, 0.2) is 5.96 Å². The Hall–Kier alpha value is -14.8. The largest absolute Gasteiger partial charge is 0.481 e. The zero-order valence-corrected chi connectivity index (χ0v) is 87.4. The van der Waals surface area contributed by atoms with Gasteiger partial charge in [0, 0.05) is 58.7 Å². The Kier molecular flexibility index (Phi) is 58.6. The molecular weight excluding hydrogens is 1950 g/mol. The fraction of sp³-hybridized carbons (Fsp3) is 0.594. The van der Waals surface area contributed by atoms with Crippen LogP contribution in [0.5, 0.6) is 0 Å². The highest BCUT2D eigenvalue weighted by Gasteiger charge is 2.41. The number of primary amides is 1. The number of likely N-dealkylation sites (N-methyl/N-ethyl adjacent to an activating group) is 1. The maximum Gasteiger partial charge on any atom is 0.305 e. The minimum atomic E-state index is -2.03. The van der Waals surface area contributed by atoms with E-state index in [1.54, 1.807) is 146 Å². The number of carbonyl (C=O) groups is 22. The molecule has 0 spiro atoms. The summed E-state index contributed by atoms with van der Waals surface area (Å²) in [6, 6.07) is 0.553. The topological polar surface area (TPSA) is 795 Å². The molecule has 0 aliphatic rings. The average molecular weight is 2110 g/mol. The standard InChI is InChI=1S/C101H156N22O27/c1-13-14-33-63(110-91(142)68(38-43-77(103)124)113-88(139)64(34-24-25-48-102)111-90(141)67(37-36-60-27-18-15-19-28-60)117-95(146)73(50-56(2)3)120-94(145)72(53-82(133)134)108-55-62-31-22-17-23-32-62)87(138)115-70(41-46-80(129)130)93(144)116-71(42-47-81(131)132)92(143)114-69(40-45-79(127)128)86(137)109-59(8)84(135)123-83(58(6)7)99(150)118-65(35-26-49-107-100(104)105)89(140)119-74(51-57(4)5)96(147)121-75(52-61-29-20-16-21-30-61)97(148)122-76(54-101(9,10)11)98(149)112-66(85(136)106-12)39-44-78(125)126/h15-23,27-32,56-59,63-76,83,108H,13-14,24-26,33-55,102H2,1-12H3,(H2,103,124)(H,106,136)(H,109,137)(H,110,142)(H,111,141)(H,112,149)(H,113,139)(H,114,143)(H,115,138)(H,116,144)(H,117,146)(H,118,150)(H,119,140)(H,120,145)(H,121,147)(H,122,148)(H,123,135)(H,125,126)(H,127,128)(H,129,130)(H,131,132)(H,133,134)(H4,104,105,107)/t59-,63-,64-,65+,66-,67+,68-,69-,70-,71-,72-,73-,74-,75-,76-,83-/m0/s1. The van der Waals surface area contributed by atoms with E-state index in [1.807, 2.05) is 0 Å². The molecule has 30 N–H and O–H groups in total. The molecule has 832 valence electrons. The summed E-state index contributed by atoms with van der Waals surface area (Å²) in [5.41, 5.74) is 18.4. The lowest BCUT2D eigenvalue weighted by Gasteiger charge is -2.30. The van der Waals surface area contributed by atoms with Crippen molar-refractivity contribution in [3.63, 3.8) is 0 Å². The van der Waals surface area contributed by atoms with Gasteiger partial charge in [-0.2, -0.15) is 0 Å². The average Bonchev–Trinajstić information content (AvgIpc) is 0.847. The summed E-state index contributed by atoms with van der Waals surface area (Å²) in [4.78, 5) is 304. The van der Waals surface area contributed by atoms with Crippen molar-refractivity contribution < 1.29 is 131 Å². The fourth-order valence-electron chi connectivity index (χ4n) is 15.6. The van der Waals surface area contributed by atoms with Gasteiger partial charge in [-0.05, 0) is 156 Å². The van der Waals surface area contributed by atoms with E-state index >= 15 is 0 Å². The van der Waals surface area contributed by atoms with Crippen LogP contribution in [0.3, 0.4) is 0 Å². The number of hydrogen-bond acceptors (Lipinski definition) is 25. The van der Waals surface area contributed by atoms with Crippen molar-refractivity contribution in [2.75, 3.05) is 20.1 Å². The molecule has 0 aliphatic heterocycles. The number of amides is 17. The number of carboxylic acids is 5. The summed E-state index contributed by atoms with van der Waals surface area (Å²) >= 11 is 0. The van der Waals surface area contributed by atoms with Crippen molar-refractivity contribution in [2.24, 2.45) is 40.4 Å². The predicted octanol–water partition coefficient (Wildman–Crippen LogP) is -0.976. The number of nitrogens with two attached hydrogens (primary N) is 3. The quantitative estimate of drug-likeness (QED) is 0.0184. The lowest BCUT2D eigenvalue weighted by atomic mass is 9.87. The normalized spacial score (nSPS) is 14.4. The summed E-state index contributed by atoms with van der Waals surface area (Å²) in [6.45, 7) is 18.3. The zero-order valence-electron chi connectivity index (χ0n) is 87.4. The highest BCUT2D eigenvalue weighted by Crippen LogP contribution is 2.23. The number of aliphatic carboxylic acids is 5. The van der Waals surface area contributed by atoms with Gasteiger partial charge in [0.05, 0.1) is 12.5 Å². The van der Waals surface area contributed by atoms with Crippen LogP contribution < -0.4 is 113 Å². The van der Waals surface area contributed by atoms with Crippen LogP contribution in [0.25, 0.3) is 0 Å². The van der Waals surface area contributed by atoms with Crippen molar-refractivity contribution in [1.29, 1.82) is 5.41 Å². The molecule has 49 nitrogen and oxygen atoms in total. The molecule has 3 rings (SSSR count). The van der Waals surface area contributed by atoms with E-state index in [9.17, 15) is 131 Å². The van der Waals surface area contributed by atoms with E-state index in [4.69, 9.17) is 22.6 Å². The van der Waals surface area contributed by atoms with Gasteiger partial charge in [0.25, 0.3) is 0 Å². The zero-order chi connectivity index (χ0) is 113. The van der Waals surface area contributed by atoms with E-state index in [0.29, 0.717) is 18.4 Å². The monoisotopic (exact) mass is 2110 g/mol. The first kappa shape index (κ1) is 129. The van der Waals surface area contributed by atoms with Crippen LogP contribution in [-0.2, 0) is 125 Å². The van der Waals surface area contributed by atoms with Crippen LogP contribution in [0.4, 0.5) is 0 Å². The summed E-state index contributed by atoms with van der Waals surface area (Å²) in [7, 11) is 1.29. The highest BCUT2D eigenvalue weighted by atomic mass is 16.4. The Bertz CT molecular complexity index is 4990. The second-order valence-electron chi connectivity index (χ2n) is 39.3. The van der Waals surface area contributed by atoms with E-state index in [2.05, 4.69) is 95.7 Å². The summed E-state index contributed by atoms with van der Waals surface area (Å²) in [5, 5.41) is 103. The van der Waals surface area contributed by atoms with Crippen molar-refractivity contribution in [1.82, 2.24) is 95.7 Å². The number of carbonyl (C=O) groups excluding carboxylic acids is 17. The molecule has 17 amide bonds. The molecule has 3 aromatic carbocycles. The molecule has 150 heavy (non-hydrogen) atoms. The minimum Gasteiger partial charge on any atom is -0.481 e. The Labute approximate surface area is 872 Å². The van der Waals surface area contributed by atoms with E-state index in [-0.39, 0.29) is 115 Å². The van der Waals surface area contributed by atoms with Gasteiger partial charge >= 0.3 is 29.8 Å². The number of hydrogen-bond donors (Lipinski definition) is 27. The second-order valence-corrected chi connectivity index (χ2v) is 39.3. The number of aryl methyl sites for hydroxylation is 1. The third kappa shape index (κ3) is 52.2. The molecule has 0 radical (unpaired) electrons. The van der Waals surface area contributed by atoms with Gasteiger partial charge in [0.1, 0.15) is 90.6 Å². The second kappa shape index (κ2) is 67.9. The Morgan fingerprint density at radius 1 is 0.333 bits per heavy atom. The highest BCUT2D eigenvalue weighted by molar-refractivity contribution is 6.02. The summed E-state index contributed by atoms with van der Waals surface area (Å²) in [6.07, 6.45) is -7.37. The lowest BCUT2D eigenvalue weighted by molar-refractivity contribution is -0.140. The molecule has 0 unspecified atom stereocenters. The first-order valence-electron chi connectivity index (χ1n) is 50.4. The van der Waals surface area contributed by atoms with Gasteiger partial charge in [-0.3, -0.25) is 111 Å². The van der Waals surface area contributed by atoms with Gasteiger partial charge in [-0.25, -0.2) is 0 Å². The number of nitrogens with one attached hydrogen (secondary N) is 19. The van der Waals surface area contributed by atoms with Gasteiger partial charge < -0.3 is 138 Å². The van der Waals surface area contributed by atoms with Crippen molar-refractivity contribution in [3.8, 4) is 0 Å². The van der Waals surface area contributed by atoms with Crippen LogP contribution in [0, 0.1) is 28.6 Å². The summed E-state index contributed by atoms with van der Waals surface area (Å²) in [5.74, 6) is -26.3. The van der Waals surface area contributed by atoms with E-state index in [0.717, 1.165) is 18.1 Å². The van der Waals surface area contributed by atoms with Crippen LogP contribution >= 0.6 is 0 Å². The smallest absolute Gasteiger partial charge is 0.305 e. The molecule has 0 aliphatic carbocycles. The maximum absolute atomic E-state index is 14.8. The third-order valence-electron chi connectivity index (χ3n) is 23.7. The Balaban J connectivity index is 2.00. The van der Waals surface area contributed by atoms with E-state index < -0.39 is 308 Å². The molecule has 16 atom stereocenters. The molecular formula is C101H156N22O27. The van der Waals surface area contributed by atoms with Crippen molar-refractivity contribution >= 4 is 136 Å². The van der Waals surface area contributed by atoms with Gasteiger partial charge in [-0.1, -0.05) is 173 Å². The van der Waals surface area contributed by atoms with E-state index in [1.165, 1.54) is 20.9 Å². The van der Waals surface area contributed by atoms with Crippen LogP contribution in [0.15, 0.2) is 91.0 Å². The SMILES string of the molecule is CCCC[C@H](NC(=O)[C@H](CCC(N)=O)NC(=O)[C@H](CCCCN)NC(=O)[C@@H](CCc1ccccc1)NC(=O)[C@H](CC(C)C)NC(=O)[C@H](CC(=O)O)NCc1ccccc1)C(=O)N[C@@H](CCC(=O)O)C(=O)N[C@@H](CCC(=O)O)C(=O)N[C@@H](CCC(=O)O)C(=O)N[C@@H](C)C(=O)N[C@H](C(=O)N[C@H](CCCNC(=N)N)C(=O)N[C@@H](CC(C)C)C(=O)N[C@@H](Cc1ccccc1)C(=O)N[C@@H](CC(C)(C)C)C(=O)N[C@@H](CCC(=O)O)C(=O)NC)C(C)C. The minimum absolute atomic E-state index is 0.00923. The molecule has 0 saturated heterocycles. The number of benzene rings is 3. The lowest BCUT2D eigenvalue weighted by Crippen LogP contribution is -2.61. The fourth-order valence-corrected chi connectivity index (χ4v) is 15.6. The van der Waals surface area contributed by atoms with Gasteiger partial charge in [-0.15, -0.1) is 0 Å². The van der Waals surface area contributed by atoms with Crippen LogP contribution in [0.1, 0.15) is 241 Å². The van der Waals surface area contributed by atoms with Crippen molar-refractivity contribution in [2.45, 2.75) is 340 Å². The Morgan fingerprint density at radius 2 is 0.653 bits per heavy atom. The number of guanidine groups is 1. The maximum atomic E-state index is 14.8. The molecule has 0 bridgehead atoms. The van der Waals surface area contributed by atoms with Crippen LogP contribution in [-0.4, -0.2) is 279 Å². The molecule has 0 fully saturated rings. The first-order valence-corrected chi connectivity index (χ1v) is 50.4. The molecule has 0 heterocycles. The van der Waals surface area contributed by atoms with Gasteiger partial charge in [0.2, 0.25) is 100 Å². The third-order valence-corrected chi connectivity index (χ3v) is 23.7. The molecule has 0 aromatic heterocycles. The molecule has 0 saturated carbocycles. The number of rotatable bonds is 73. The molecule has 3 aromatic rings. The molecule has 49 heteroatoms. The van der Waals surface area contributed by atoms with Crippen LogP contribution in [0.2, 0.25) is 0 Å². The van der Waals surface area contributed by atoms with Crippen molar-refractivity contribution in [3.05, 3.63) is 108 Å². The number of unbranched alkanes of at least 4 members (excludes halogenated alkanes) is 2. The first-order chi connectivity index (χ1) is 70.6. The number of carboxylic acid groups (broad SMARTS) is 5.